The zero-order chi connectivity index (χ0) is 14.1. The maximum atomic E-state index is 8.61. The van der Waals surface area contributed by atoms with Crippen molar-refractivity contribution in [3.05, 3.63) is 23.8 Å². The molecule has 0 saturated heterocycles. The van der Waals surface area contributed by atoms with Gasteiger partial charge in [0.15, 0.2) is 0 Å². The van der Waals surface area contributed by atoms with Crippen molar-refractivity contribution >= 4 is 0 Å². The van der Waals surface area contributed by atoms with Gasteiger partial charge in [0.1, 0.15) is 18.1 Å². The molecule has 1 unspecified atom stereocenters. The maximum absolute atomic E-state index is 8.61. The third-order valence-corrected chi connectivity index (χ3v) is 2.84. The zero-order valence-corrected chi connectivity index (χ0v) is 11.8. The standard InChI is InChI=1S/C14H23NO4/c1-11(15-2)13-5-4-12(17-3)10-14(13)19-9-8-18-7-6-16/h4-5,10-11,15-16H,6-9H2,1-3H3. The van der Waals surface area contributed by atoms with Gasteiger partial charge in [-0.3, -0.25) is 0 Å². The van der Waals surface area contributed by atoms with Crippen molar-refractivity contribution < 1.29 is 19.3 Å². The molecule has 5 nitrogen and oxygen atoms in total. The van der Waals surface area contributed by atoms with E-state index in [-0.39, 0.29) is 12.6 Å². The molecule has 0 saturated carbocycles. The lowest BCUT2D eigenvalue weighted by Gasteiger charge is -2.17. The fourth-order valence-electron chi connectivity index (χ4n) is 1.66. The third kappa shape index (κ3) is 5.06. The number of hydrogen-bond acceptors (Lipinski definition) is 5. The highest BCUT2D eigenvalue weighted by Gasteiger charge is 2.11. The van der Waals surface area contributed by atoms with Gasteiger partial charge in [-0.05, 0) is 20.0 Å². The molecule has 1 aromatic rings. The topological polar surface area (TPSA) is 60.0 Å². The summed E-state index contributed by atoms with van der Waals surface area (Å²) < 4.78 is 16.1. The van der Waals surface area contributed by atoms with Gasteiger partial charge in [-0.2, -0.15) is 0 Å². The van der Waals surface area contributed by atoms with Crippen LogP contribution >= 0.6 is 0 Å². The largest absolute Gasteiger partial charge is 0.497 e. The van der Waals surface area contributed by atoms with E-state index in [9.17, 15) is 0 Å². The maximum Gasteiger partial charge on any atom is 0.127 e. The number of rotatable bonds is 9. The summed E-state index contributed by atoms with van der Waals surface area (Å²) in [6.07, 6.45) is 0. The summed E-state index contributed by atoms with van der Waals surface area (Å²) >= 11 is 0. The van der Waals surface area contributed by atoms with Crippen LogP contribution in [0.1, 0.15) is 18.5 Å². The Balaban J connectivity index is 2.66. The van der Waals surface area contributed by atoms with Gasteiger partial charge < -0.3 is 24.6 Å². The predicted molar refractivity (Wildman–Crippen MR) is 73.9 cm³/mol. The molecule has 0 aliphatic heterocycles. The molecule has 5 heteroatoms. The van der Waals surface area contributed by atoms with Crippen molar-refractivity contribution in [3.63, 3.8) is 0 Å². The first-order valence-electron chi connectivity index (χ1n) is 6.39. The van der Waals surface area contributed by atoms with Crippen molar-refractivity contribution in [1.29, 1.82) is 0 Å². The molecule has 1 atom stereocenters. The second-order valence-electron chi connectivity index (χ2n) is 4.10. The number of aliphatic hydroxyl groups is 1. The van der Waals surface area contributed by atoms with Crippen molar-refractivity contribution in [2.75, 3.05) is 40.6 Å². The smallest absolute Gasteiger partial charge is 0.127 e. The average Bonchev–Trinajstić information content (AvgIpc) is 2.46. The Morgan fingerprint density at radius 2 is 2.05 bits per heavy atom. The Labute approximate surface area is 114 Å². The molecule has 0 aromatic heterocycles. The van der Waals surface area contributed by atoms with Crippen LogP contribution in [0, 0.1) is 0 Å². The van der Waals surface area contributed by atoms with E-state index in [1.54, 1.807) is 7.11 Å². The molecule has 108 valence electrons. The number of nitrogens with one attached hydrogen (secondary N) is 1. The zero-order valence-electron chi connectivity index (χ0n) is 11.8. The summed E-state index contributed by atoms with van der Waals surface area (Å²) in [5, 5.41) is 11.8. The van der Waals surface area contributed by atoms with Crippen LogP contribution in [0.5, 0.6) is 11.5 Å². The van der Waals surface area contributed by atoms with Crippen LogP contribution in [0.4, 0.5) is 0 Å². The molecule has 0 heterocycles. The van der Waals surface area contributed by atoms with E-state index in [0.717, 1.165) is 17.1 Å². The van der Waals surface area contributed by atoms with E-state index in [1.165, 1.54) is 0 Å². The molecule has 0 aliphatic rings. The molecular formula is C14H23NO4. The first kappa shape index (κ1) is 15.8. The fourth-order valence-corrected chi connectivity index (χ4v) is 1.66. The molecule has 0 spiro atoms. The summed E-state index contributed by atoms with van der Waals surface area (Å²) in [6.45, 7) is 3.32. The van der Waals surface area contributed by atoms with E-state index in [0.29, 0.717) is 19.8 Å². The minimum absolute atomic E-state index is 0.0290. The molecule has 1 aromatic carbocycles. The first-order valence-corrected chi connectivity index (χ1v) is 6.39. The van der Waals surface area contributed by atoms with Gasteiger partial charge in [-0.25, -0.2) is 0 Å². The van der Waals surface area contributed by atoms with E-state index in [4.69, 9.17) is 19.3 Å². The van der Waals surface area contributed by atoms with E-state index >= 15 is 0 Å². The summed E-state index contributed by atoms with van der Waals surface area (Å²) in [5.74, 6) is 1.55. The molecule has 2 N–H and O–H groups in total. The molecule has 1 rings (SSSR count). The van der Waals surface area contributed by atoms with Gasteiger partial charge in [-0.1, -0.05) is 6.07 Å². The SMILES string of the molecule is CNC(C)c1ccc(OC)cc1OCCOCCO. The normalized spacial score (nSPS) is 12.2. The fraction of sp³-hybridized carbons (Fsp3) is 0.571. The van der Waals surface area contributed by atoms with E-state index in [1.807, 2.05) is 25.2 Å². The van der Waals surface area contributed by atoms with E-state index < -0.39 is 0 Å². The monoisotopic (exact) mass is 269 g/mol. The van der Waals surface area contributed by atoms with Crippen LogP contribution in [-0.2, 0) is 4.74 Å². The second kappa shape index (κ2) is 8.74. The Morgan fingerprint density at radius 1 is 1.26 bits per heavy atom. The lowest BCUT2D eigenvalue weighted by atomic mass is 10.1. The van der Waals surface area contributed by atoms with Crippen molar-refractivity contribution in [2.24, 2.45) is 0 Å². The molecule has 0 fully saturated rings. The molecular weight excluding hydrogens is 246 g/mol. The Morgan fingerprint density at radius 3 is 2.68 bits per heavy atom. The summed E-state index contributed by atoms with van der Waals surface area (Å²) in [7, 11) is 3.54. The van der Waals surface area contributed by atoms with Crippen molar-refractivity contribution in [1.82, 2.24) is 5.32 Å². The Hall–Kier alpha value is -1.30. The number of hydrogen-bond donors (Lipinski definition) is 2. The molecule has 19 heavy (non-hydrogen) atoms. The molecule has 0 bridgehead atoms. The predicted octanol–water partition coefficient (Wildman–Crippen LogP) is 1.36. The summed E-state index contributed by atoms with van der Waals surface area (Å²) in [5.41, 5.74) is 1.07. The van der Waals surface area contributed by atoms with Crippen molar-refractivity contribution in [2.45, 2.75) is 13.0 Å². The van der Waals surface area contributed by atoms with Gasteiger partial charge in [-0.15, -0.1) is 0 Å². The molecule has 0 radical (unpaired) electrons. The molecule has 0 aliphatic carbocycles. The van der Waals surface area contributed by atoms with Gasteiger partial charge in [0.2, 0.25) is 0 Å². The van der Waals surface area contributed by atoms with Crippen molar-refractivity contribution in [3.8, 4) is 11.5 Å². The second-order valence-corrected chi connectivity index (χ2v) is 4.10. The highest BCUT2D eigenvalue weighted by molar-refractivity contribution is 5.42. The highest BCUT2D eigenvalue weighted by atomic mass is 16.5. The minimum atomic E-state index is 0.0290. The van der Waals surface area contributed by atoms with E-state index in [2.05, 4.69) is 12.2 Å². The lowest BCUT2D eigenvalue weighted by Crippen LogP contribution is -2.15. The number of aliphatic hydroxyl groups excluding tert-OH is 1. The van der Waals surface area contributed by atoms with Crippen LogP contribution in [0.2, 0.25) is 0 Å². The third-order valence-electron chi connectivity index (χ3n) is 2.84. The van der Waals surface area contributed by atoms with Gasteiger partial charge in [0.25, 0.3) is 0 Å². The van der Waals surface area contributed by atoms with Gasteiger partial charge >= 0.3 is 0 Å². The lowest BCUT2D eigenvalue weighted by molar-refractivity contribution is 0.0701. The van der Waals surface area contributed by atoms with Crippen LogP contribution < -0.4 is 14.8 Å². The number of ether oxygens (including phenoxy) is 3. The first-order chi connectivity index (χ1) is 9.22. The van der Waals surface area contributed by atoms with Gasteiger partial charge in [0.05, 0.1) is 26.9 Å². The highest BCUT2D eigenvalue weighted by Crippen LogP contribution is 2.29. The van der Waals surface area contributed by atoms with Crippen LogP contribution in [0.3, 0.4) is 0 Å². The average molecular weight is 269 g/mol. The minimum Gasteiger partial charge on any atom is -0.497 e. The number of methoxy groups -OCH3 is 1. The van der Waals surface area contributed by atoms with Gasteiger partial charge in [0, 0.05) is 17.7 Å². The molecule has 0 amide bonds. The summed E-state index contributed by atoms with van der Waals surface area (Å²) in [4.78, 5) is 0. The quantitative estimate of drug-likeness (QED) is 0.663. The van der Waals surface area contributed by atoms with Crippen LogP contribution in [0.25, 0.3) is 0 Å². The Kier molecular flexibility index (Phi) is 7.25. The Bertz CT molecular complexity index is 370. The summed E-state index contributed by atoms with van der Waals surface area (Å²) in [6, 6.07) is 5.97. The van der Waals surface area contributed by atoms with Crippen LogP contribution in [-0.4, -0.2) is 45.7 Å². The van der Waals surface area contributed by atoms with Crippen LogP contribution in [0.15, 0.2) is 18.2 Å². The number of benzene rings is 1.